The number of rotatable bonds is 3. The van der Waals surface area contributed by atoms with Crippen molar-refractivity contribution < 1.29 is 9.15 Å². The highest BCUT2D eigenvalue weighted by Gasteiger charge is 2.02. The molecule has 0 bridgehead atoms. The van der Waals surface area contributed by atoms with Crippen LogP contribution in [-0.4, -0.2) is 19.1 Å². The van der Waals surface area contributed by atoms with E-state index in [2.05, 4.69) is 22.1 Å². The second-order valence-electron chi connectivity index (χ2n) is 5.23. The van der Waals surface area contributed by atoms with Gasteiger partial charge in [0.05, 0.1) is 12.8 Å². The predicted octanol–water partition coefficient (Wildman–Crippen LogP) is 4.25. The lowest BCUT2D eigenvalue weighted by Crippen LogP contribution is -1.95. The number of allylic oxidation sites excluding steroid dienone is 1. The normalized spacial score (nSPS) is 10.6. The van der Waals surface area contributed by atoms with Gasteiger partial charge in [0.2, 0.25) is 0 Å². The first-order valence-corrected chi connectivity index (χ1v) is 7.60. The molecule has 0 saturated carbocycles. The number of hydrogen-bond donors (Lipinski definition) is 1. The van der Waals surface area contributed by atoms with E-state index in [0.29, 0.717) is 0 Å². The molecule has 120 valence electrons. The summed E-state index contributed by atoms with van der Waals surface area (Å²) >= 11 is 0. The number of aromatic nitrogens is 1. The zero-order valence-electron chi connectivity index (χ0n) is 13.9. The van der Waals surface area contributed by atoms with Crippen LogP contribution < -0.4 is 10.1 Å². The molecule has 3 aromatic rings. The molecule has 0 spiro atoms. The fraction of sp³-hybridized carbons (Fsp3) is 0.150. The maximum absolute atomic E-state index is 5.74. The highest BCUT2D eigenvalue weighted by molar-refractivity contribution is 5.81. The predicted molar refractivity (Wildman–Crippen MR) is 97.2 cm³/mol. The van der Waals surface area contributed by atoms with Crippen LogP contribution in [0.1, 0.15) is 17.0 Å². The van der Waals surface area contributed by atoms with Crippen molar-refractivity contribution in [2.45, 2.75) is 6.92 Å². The number of anilines is 1. The summed E-state index contributed by atoms with van der Waals surface area (Å²) in [5.41, 5.74) is 2.64. The lowest BCUT2D eigenvalue weighted by molar-refractivity contribution is 0.415. The Labute approximate surface area is 141 Å². The van der Waals surface area contributed by atoms with Gasteiger partial charge in [0.1, 0.15) is 22.9 Å². The van der Waals surface area contributed by atoms with E-state index in [-0.39, 0.29) is 0 Å². The maximum atomic E-state index is 5.74. The molecular formula is C20H18N2O2. The van der Waals surface area contributed by atoms with Gasteiger partial charge in [0.25, 0.3) is 0 Å². The number of benzene rings is 1. The first-order valence-electron chi connectivity index (χ1n) is 7.60. The Hall–Kier alpha value is -3.19. The Bertz CT molecular complexity index is 959. The van der Waals surface area contributed by atoms with Gasteiger partial charge in [0.15, 0.2) is 0 Å². The third-order valence-electron chi connectivity index (χ3n) is 3.62. The highest BCUT2D eigenvalue weighted by Crippen LogP contribution is 2.24. The maximum Gasteiger partial charge on any atom is 0.135 e. The summed E-state index contributed by atoms with van der Waals surface area (Å²) in [6.45, 7) is 1.95. The number of methoxy groups -OCH3 is 1. The summed E-state index contributed by atoms with van der Waals surface area (Å²) in [7, 11) is 3.50. The molecule has 3 rings (SSSR count). The molecule has 4 nitrogen and oxygen atoms in total. The van der Waals surface area contributed by atoms with E-state index >= 15 is 0 Å². The molecule has 2 heterocycles. The molecular weight excluding hydrogens is 300 g/mol. The van der Waals surface area contributed by atoms with Gasteiger partial charge in [-0.2, -0.15) is 0 Å². The summed E-state index contributed by atoms with van der Waals surface area (Å²) in [5.74, 6) is 8.53. The number of nitrogens with one attached hydrogen (secondary N) is 1. The molecule has 0 aliphatic heterocycles. The molecule has 1 N–H and O–H groups in total. The van der Waals surface area contributed by atoms with E-state index < -0.39 is 0 Å². The van der Waals surface area contributed by atoms with Crippen LogP contribution in [0.25, 0.3) is 17.0 Å². The quantitative estimate of drug-likeness (QED) is 0.733. The van der Waals surface area contributed by atoms with Crippen LogP contribution in [0.15, 0.2) is 46.9 Å². The Morgan fingerprint density at radius 1 is 1.21 bits per heavy atom. The van der Waals surface area contributed by atoms with Crippen molar-refractivity contribution in [3.63, 3.8) is 0 Å². The molecule has 0 atom stereocenters. The third kappa shape index (κ3) is 3.41. The van der Waals surface area contributed by atoms with Gasteiger partial charge in [-0.05, 0) is 55.5 Å². The minimum Gasteiger partial charge on any atom is -0.497 e. The van der Waals surface area contributed by atoms with Crippen molar-refractivity contribution >= 4 is 22.9 Å². The highest BCUT2D eigenvalue weighted by atomic mass is 16.5. The van der Waals surface area contributed by atoms with E-state index in [1.54, 1.807) is 13.2 Å². The van der Waals surface area contributed by atoms with E-state index in [1.807, 2.05) is 56.4 Å². The van der Waals surface area contributed by atoms with Crippen LogP contribution in [0.5, 0.6) is 5.75 Å². The standard InChI is InChI=1S/C20H18N2O2/c1-14-15(8-11-20(21-2)22-14)6-4-5-7-18-13-16-12-17(23-3)9-10-19(16)24-18/h5,7-13H,1-3H3,(H,21,22)/b7-5+. The first-order chi connectivity index (χ1) is 11.7. The molecule has 0 amide bonds. The van der Waals surface area contributed by atoms with Gasteiger partial charge in [-0.15, -0.1) is 0 Å². The zero-order chi connectivity index (χ0) is 16.9. The van der Waals surface area contributed by atoms with Crippen LogP contribution in [0.4, 0.5) is 5.82 Å². The third-order valence-corrected chi connectivity index (χ3v) is 3.62. The van der Waals surface area contributed by atoms with Gasteiger partial charge in [-0.1, -0.05) is 11.8 Å². The van der Waals surface area contributed by atoms with Gasteiger partial charge in [-0.3, -0.25) is 0 Å². The number of hydrogen-bond acceptors (Lipinski definition) is 4. The summed E-state index contributed by atoms with van der Waals surface area (Å²) < 4.78 is 11.0. The van der Waals surface area contributed by atoms with E-state index in [0.717, 1.165) is 39.6 Å². The number of aryl methyl sites for hydroxylation is 1. The lowest BCUT2D eigenvalue weighted by atomic mass is 10.2. The van der Waals surface area contributed by atoms with E-state index in [9.17, 15) is 0 Å². The Morgan fingerprint density at radius 2 is 2.08 bits per heavy atom. The van der Waals surface area contributed by atoms with Crippen molar-refractivity contribution in [3.05, 3.63) is 59.5 Å². The molecule has 1 aromatic carbocycles. The van der Waals surface area contributed by atoms with Gasteiger partial charge in [0, 0.05) is 18.0 Å². The topological polar surface area (TPSA) is 47.3 Å². The van der Waals surface area contributed by atoms with Crippen LogP contribution in [-0.2, 0) is 0 Å². The monoisotopic (exact) mass is 318 g/mol. The summed E-state index contributed by atoms with van der Waals surface area (Å²) in [6.07, 6.45) is 3.63. The molecule has 0 unspecified atom stereocenters. The summed E-state index contributed by atoms with van der Waals surface area (Å²) in [6, 6.07) is 11.6. The van der Waals surface area contributed by atoms with Gasteiger partial charge >= 0.3 is 0 Å². The van der Waals surface area contributed by atoms with Crippen molar-refractivity contribution in [1.82, 2.24) is 4.98 Å². The molecule has 24 heavy (non-hydrogen) atoms. The Kier molecular flexibility index (Phi) is 4.53. The largest absolute Gasteiger partial charge is 0.497 e. The van der Waals surface area contributed by atoms with Gasteiger partial charge < -0.3 is 14.5 Å². The molecule has 0 radical (unpaired) electrons. The summed E-state index contributed by atoms with van der Waals surface area (Å²) in [4.78, 5) is 4.41. The van der Waals surface area contributed by atoms with Crippen LogP contribution in [0.3, 0.4) is 0 Å². The minimum atomic E-state index is 0.757. The minimum absolute atomic E-state index is 0.757. The molecule has 0 aliphatic carbocycles. The van der Waals surface area contributed by atoms with E-state index in [4.69, 9.17) is 9.15 Å². The van der Waals surface area contributed by atoms with Crippen molar-refractivity contribution in [3.8, 4) is 17.6 Å². The number of ether oxygens (including phenoxy) is 1. The second kappa shape index (κ2) is 6.93. The Balaban J connectivity index is 1.77. The second-order valence-corrected chi connectivity index (χ2v) is 5.23. The number of fused-ring (bicyclic) bond motifs is 1. The average Bonchev–Trinajstić information content (AvgIpc) is 3.01. The number of nitrogens with zero attached hydrogens (tertiary/aromatic N) is 1. The van der Waals surface area contributed by atoms with Crippen molar-refractivity contribution in [1.29, 1.82) is 0 Å². The fourth-order valence-corrected chi connectivity index (χ4v) is 2.33. The summed E-state index contributed by atoms with van der Waals surface area (Å²) in [5, 5.41) is 4.01. The van der Waals surface area contributed by atoms with Gasteiger partial charge in [-0.25, -0.2) is 4.98 Å². The molecule has 0 aliphatic rings. The van der Waals surface area contributed by atoms with E-state index in [1.165, 1.54) is 0 Å². The number of pyridine rings is 1. The average molecular weight is 318 g/mol. The van der Waals surface area contributed by atoms with Crippen LogP contribution in [0.2, 0.25) is 0 Å². The number of furan rings is 1. The van der Waals surface area contributed by atoms with Crippen molar-refractivity contribution in [2.24, 2.45) is 0 Å². The first kappa shape index (κ1) is 15.7. The molecule has 2 aromatic heterocycles. The zero-order valence-corrected chi connectivity index (χ0v) is 13.9. The molecule has 0 saturated heterocycles. The fourth-order valence-electron chi connectivity index (χ4n) is 2.33. The SMILES string of the molecule is CNc1ccc(C#C/C=C/c2cc3cc(OC)ccc3o2)c(C)n1. The smallest absolute Gasteiger partial charge is 0.135 e. The lowest BCUT2D eigenvalue weighted by Gasteiger charge is -2.01. The molecule has 4 heteroatoms. The van der Waals surface area contributed by atoms with Crippen molar-refractivity contribution in [2.75, 3.05) is 19.5 Å². The van der Waals surface area contributed by atoms with Crippen LogP contribution in [0, 0.1) is 18.8 Å². The molecule has 0 fully saturated rings. The van der Waals surface area contributed by atoms with Crippen LogP contribution >= 0.6 is 0 Å². The Morgan fingerprint density at radius 3 is 2.83 bits per heavy atom.